The Hall–Kier alpha value is -1.84. The molecule has 2 heterocycles. The molecule has 7 nitrogen and oxygen atoms in total. The van der Waals surface area contributed by atoms with Gasteiger partial charge in [0.2, 0.25) is 10.0 Å². The molecule has 0 spiro atoms. The second-order valence-electron chi connectivity index (χ2n) is 6.71. The highest BCUT2D eigenvalue weighted by Gasteiger charge is 2.31. The van der Waals surface area contributed by atoms with Gasteiger partial charge in [-0.05, 0) is 42.0 Å². The molecule has 2 aromatic rings. The summed E-state index contributed by atoms with van der Waals surface area (Å²) in [6, 6.07) is 9.55. The van der Waals surface area contributed by atoms with Crippen LogP contribution in [0.15, 0.2) is 41.3 Å². The number of nitrogens with zero attached hydrogens (tertiary/aromatic N) is 1. The Kier molecular flexibility index (Phi) is 5.72. The first kappa shape index (κ1) is 20.4. The van der Waals surface area contributed by atoms with E-state index in [-0.39, 0.29) is 28.9 Å². The van der Waals surface area contributed by atoms with Crippen molar-refractivity contribution in [2.45, 2.75) is 17.4 Å². The zero-order valence-corrected chi connectivity index (χ0v) is 17.6. The van der Waals surface area contributed by atoms with Gasteiger partial charge in [-0.2, -0.15) is 4.31 Å². The Balaban J connectivity index is 1.51. The second kappa shape index (κ2) is 8.12. The molecule has 0 bridgehead atoms. The van der Waals surface area contributed by atoms with Crippen molar-refractivity contribution in [2.75, 3.05) is 31.6 Å². The lowest BCUT2D eigenvalue weighted by Gasteiger charge is -2.26. The van der Waals surface area contributed by atoms with Gasteiger partial charge >= 0.3 is 0 Å². The fourth-order valence-electron chi connectivity index (χ4n) is 3.29. The molecule has 1 amide bonds. The summed E-state index contributed by atoms with van der Waals surface area (Å²) in [6.07, 6.45) is -0.340. The first-order valence-corrected chi connectivity index (χ1v) is 11.2. The Morgan fingerprint density at radius 3 is 2.62 bits per heavy atom. The van der Waals surface area contributed by atoms with Crippen LogP contribution >= 0.6 is 23.2 Å². The van der Waals surface area contributed by atoms with Crippen molar-refractivity contribution in [3.05, 3.63) is 52.0 Å². The number of halogens is 2. The summed E-state index contributed by atoms with van der Waals surface area (Å²) in [4.78, 5) is 12.6. The second-order valence-corrected chi connectivity index (χ2v) is 9.46. The highest BCUT2D eigenvalue weighted by molar-refractivity contribution is 7.89. The maximum atomic E-state index is 12.9. The number of carbonyl (C=O) groups excluding carboxylic acids is 1. The molecule has 4 rings (SSSR count). The zero-order chi connectivity index (χ0) is 20.6. The molecule has 1 saturated heterocycles. The Labute approximate surface area is 178 Å². The van der Waals surface area contributed by atoms with E-state index in [0.717, 1.165) is 5.56 Å². The molecule has 0 aromatic heterocycles. The van der Waals surface area contributed by atoms with Crippen LogP contribution in [0.2, 0.25) is 10.0 Å². The van der Waals surface area contributed by atoms with Crippen molar-refractivity contribution in [2.24, 2.45) is 0 Å². The lowest BCUT2D eigenvalue weighted by Crippen LogP contribution is -2.40. The van der Waals surface area contributed by atoms with Gasteiger partial charge in [-0.1, -0.05) is 23.2 Å². The molecule has 154 valence electrons. The van der Waals surface area contributed by atoms with E-state index in [0.29, 0.717) is 36.1 Å². The van der Waals surface area contributed by atoms with E-state index in [1.807, 2.05) is 0 Å². The number of fused-ring (bicyclic) bond motifs is 1. The first-order chi connectivity index (χ1) is 13.8. The maximum Gasteiger partial charge on any atom is 0.265 e. The summed E-state index contributed by atoms with van der Waals surface area (Å²) in [5, 5.41) is 3.38. The molecule has 2 aromatic carbocycles. The number of hydrogen-bond acceptors (Lipinski definition) is 5. The van der Waals surface area contributed by atoms with Gasteiger partial charge in [0.1, 0.15) is 10.6 Å². The number of morpholine rings is 1. The maximum absolute atomic E-state index is 12.9. The molecule has 0 aliphatic carbocycles. The fraction of sp³-hybridized carbons (Fsp3) is 0.316. The average molecular weight is 457 g/mol. The third-order valence-electron chi connectivity index (χ3n) is 4.78. The minimum atomic E-state index is -3.79. The van der Waals surface area contributed by atoms with Crippen LogP contribution in [0, 0.1) is 0 Å². The van der Waals surface area contributed by atoms with E-state index < -0.39 is 16.1 Å². The van der Waals surface area contributed by atoms with E-state index in [1.54, 1.807) is 24.3 Å². The van der Waals surface area contributed by atoms with Crippen molar-refractivity contribution < 1.29 is 22.7 Å². The Morgan fingerprint density at radius 2 is 1.86 bits per heavy atom. The van der Waals surface area contributed by atoms with Gasteiger partial charge in [0, 0.05) is 30.2 Å². The molecular formula is C19H18Cl2N2O5S. The molecular weight excluding hydrogens is 439 g/mol. The SMILES string of the molecule is O=C(Nc1ccc(Cl)c(S(=O)(=O)N2CCOCC2)c1)C1Cc2cc(Cl)ccc2O1. The Bertz CT molecular complexity index is 1050. The van der Waals surface area contributed by atoms with E-state index in [2.05, 4.69) is 5.32 Å². The van der Waals surface area contributed by atoms with Crippen LogP contribution in [-0.2, 0) is 26.0 Å². The predicted molar refractivity (Wildman–Crippen MR) is 109 cm³/mol. The van der Waals surface area contributed by atoms with E-state index in [9.17, 15) is 13.2 Å². The lowest BCUT2D eigenvalue weighted by molar-refractivity contribution is -0.122. The molecule has 0 radical (unpaired) electrons. The number of ether oxygens (including phenoxy) is 2. The van der Waals surface area contributed by atoms with Crippen molar-refractivity contribution in [1.29, 1.82) is 0 Å². The number of nitrogens with one attached hydrogen (secondary N) is 1. The normalized spacial score (nSPS) is 19.4. The van der Waals surface area contributed by atoms with Gasteiger partial charge in [-0.25, -0.2) is 8.42 Å². The summed E-state index contributed by atoms with van der Waals surface area (Å²) in [5.41, 5.74) is 1.17. The van der Waals surface area contributed by atoms with Crippen LogP contribution in [0.4, 0.5) is 5.69 Å². The smallest absolute Gasteiger partial charge is 0.265 e. The van der Waals surface area contributed by atoms with Crippen molar-refractivity contribution in [3.63, 3.8) is 0 Å². The molecule has 2 aliphatic heterocycles. The molecule has 29 heavy (non-hydrogen) atoms. The third kappa shape index (κ3) is 4.22. The summed E-state index contributed by atoms with van der Waals surface area (Å²) < 4.78 is 38.0. The first-order valence-electron chi connectivity index (χ1n) is 8.98. The summed E-state index contributed by atoms with van der Waals surface area (Å²) in [5.74, 6) is 0.232. The minimum absolute atomic E-state index is 0.0544. The van der Waals surface area contributed by atoms with Gasteiger partial charge < -0.3 is 14.8 Å². The quantitative estimate of drug-likeness (QED) is 0.764. The summed E-state index contributed by atoms with van der Waals surface area (Å²) in [7, 11) is -3.79. The molecule has 1 atom stereocenters. The number of benzene rings is 2. The molecule has 1 fully saturated rings. The van der Waals surface area contributed by atoms with Gasteiger partial charge in [0.15, 0.2) is 6.10 Å². The Morgan fingerprint density at radius 1 is 1.10 bits per heavy atom. The summed E-state index contributed by atoms with van der Waals surface area (Å²) >= 11 is 12.1. The van der Waals surface area contributed by atoms with Gasteiger partial charge in [0.05, 0.1) is 18.2 Å². The lowest BCUT2D eigenvalue weighted by atomic mass is 10.1. The minimum Gasteiger partial charge on any atom is -0.480 e. The largest absolute Gasteiger partial charge is 0.480 e. The number of rotatable bonds is 4. The fourth-order valence-corrected chi connectivity index (χ4v) is 5.39. The van der Waals surface area contributed by atoms with Crippen LogP contribution in [0.5, 0.6) is 5.75 Å². The van der Waals surface area contributed by atoms with E-state index in [4.69, 9.17) is 32.7 Å². The van der Waals surface area contributed by atoms with Crippen molar-refractivity contribution in [3.8, 4) is 5.75 Å². The highest BCUT2D eigenvalue weighted by atomic mass is 35.5. The number of sulfonamides is 1. The van der Waals surface area contributed by atoms with Gasteiger partial charge in [-0.3, -0.25) is 4.79 Å². The van der Waals surface area contributed by atoms with E-state index in [1.165, 1.54) is 16.4 Å². The number of anilines is 1. The van der Waals surface area contributed by atoms with Crippen molar-refractivity contribution >= 4 is 44.8 Å². The standard InChI is InChI=1S/C19H18Cl2N2O5S/c20-13-1-4-16-12(9-13)10-17(28-16)19(24)22-14-2-3-15(21)18(11-14)29(25,26)23-5-7-27-8-6-23/h1-4,9,11,17H,5-8,10H2,(H,22,24). The molecule has 0 saturated carbocycles. The zero-order valence-electron chi connectivity index (χ0n) is 15.2. The molecule has 2 aliphatic rings. The van der Waals surface area contributed by atoms with Gasteiger partial charge in [0.25, 0.3) is 5.91 Å². The van der Waals surface area contributed by atoms with Crippen LogP contribution in [0.25, 0.3) is 0 Å². The average Bonchev–Trinajstić information content (AvgIpc) is 3.13. The van der Waals surface area contributed by atoms with E-state index >= 15 is 0 Å². The molecule has 1 unspecified atom stereocenters. The number of hydrogen-bond donors (Lipinski definition) is 1. The number of carbonyl (C=O) groups is 1. The number of amides is 1. The topological polar surface area (TPSA) is 84.9 Å². The van der Waals surface area contributed by atoms with Crippen molar-refractivity contribution in [1.82, 2.24) is 4.31 Å². The molecule has 10 heteroatoms. The predicted octanol–water partition coefficient (Wildman–Crippen LogP) is 2.96. The van der Waals surface area contributed by atoms with Gasteiger partial charge in [-0.15, -0.1) is 0 Å². The highest BCUT2D eigenvalue weighted by Crippen LogP contribution is 2.32. The third-order valence-corrected chi connectivity index (χ3v) is 7.39. The molecule has 1 N–H and O–H groups in total. The van der Waals surface area contributed by atoms with Crippen LogP contribution in [-0.4, -0.2) is 51.0 Å². The monoisotopic (exact) mass is 456 g/mol. The van der Waals surface area contributed by atoms with Crippen LogP contribution in [0.3, 0.4) is 0 Å². The van der Waals surface area contributed by atoms with Crippen LogP contribution in [0.1, 0.15) is 5.56 Å². The van der Waals surface area contributed by atoms with Crippen LogP contribution < -0.4 is 10.1 Å². The summed E-state index contributed by atoms with van der Waals surface area (Å²) in [6.45, 7) is 1.17.